The Morgan fingerprint density at radius 3 is 2.88 bits per heavy atom. The van der Waals surface area contributed by atoms with Gasteiger partial charge in [-0.2, -0.15) is 0 Å². The van der Waals surface area contributed by atoms with E-state index in [2.05, 4.69) is 10.6 Å². The first-order chi connectivity index (χ1) is 13.5. The first-order valence-corrected chi connectivity index (χ1v) is 8.69. The van der Waals surface area contributed by atoms with Crippen molar-refractivity contribution in [3.05, 3.63) is 29.8 Å². The standard InChI is InChI=1S/C19H26N4O3/c1-11(2)8-14(21-3)17(25)23-10-19(9-15(23)16(20)24)12-6-4-5-7-13(12)22-18(19)26/h4-7,11,14-15,21H,8-10H2,1-3H3,(H2,20,24)(H,22,26)/t14-,15-,19-/m0/s1/i4D,10D2. The molecule has 2 aliphatic heterocycles. The summed E-state index contributed by atoms with van der Waals surface area (Å²) in [6.45, 7) is 1.35. The van der Waals surface area contributed by atoms with Gasteiger partial charge in [-0.1, -0.05) is 32.0 Å². The van der Waals surface area contributed by atoms with E-state index in [0.29, 0.717) is 12.1 Å². The molecule has 1 aromatic rings. The van der Waals surface area contributed by atoms with Gasteiger partial charge >= 0.3 is 0 Å². The Kier molecular flexibility index (Phi) is 3.81. The molecule has 3 amide bonds. The van der Waals surface area contributed by atoms with Gasteiger partial charge in [0, 0.05) is 12.2 Å². The monoisotopic (exact) mass is 361 g/mol. The Hall–Kier alpha value is -2.41. The third-order valence-corrected chi connectivity index (χ3v) is 5.00. The Bertz CT molecular complexity index is 876. The van der Waals surface area contributed by atoms with E-state index in [4.69, 9.17) is 9.85 Å². The number of hydrogen-bond acceptors (Lipinski definition) is 4. The summed E-state index contributed by atoms with van der Waals surface area (Å²) in [6, 6.07) is 2.50. The van der Waals surface area contributed by atoms with Crippen molar-refractivity contribution in [1.29, 1.82) is 0 Å². The number of primary amides is 1. The average Bonchev–Trinajstić information content (AvgIpc) is 3.05. The predicted molar refractivity (Wildman–Crippen MR) is 98.4 cm³/mol. The first-order valence-electron chi connectivity index (χ1n) is 10.2. The molecule has 2 heterocycles. The molecule has 1 fully saturated rings. The van der Waals surface area contributed by atoms with Gasteiger partial charge in [-0.3, -0.25) is 14.4 Å². The van der Waals surface area contributed by atoms with Gasteiger partial charge in [0.2, 0.25) is 17.7 Å². The minimum atomic E-state index is -2.51. The van der Waals surface area contributed by atoms with Crippen LogP contribution in [0.4, 0.5) is 5.69 Å². The number of para-hydroxylation sites is 1. The van der Waals surface area contributed by atoms with Gasteiger partial charge in [-0.05, 0) is 37.4 Å². The number of fused-ring (bicyclic) bond motifs is 2. The fourth-order valence-electron chi connectivity index (χ4n) is 3.69. The zero-order valence-electron chi connectivity index (χ0n) is 18.1. The van der Waals surface area contributed by atoms with Crippen LogP contribution in [0.1, 0.15) is 36.4 Å². The zero-order chi connectivity index (χ0) is 21.7. The minimum Gasteiger partial charge on any atom is -0.368 e. The maximum atomic E-state index is 13.3. The molecule has 140 valence electrons. The third kappa shape index (κ3) is 2.86. The number of nitrogens with zero attached hydrogens (tertiary/aromatic N) is 1. The van der Waals surface area contributed by atoms with Crippen LogP contribution >= 0.6 is 0 Å². The molecular formula is C19H26N4O3. The van der Waals surface area contributed by atoms with E-state index in [9.17, 15) is 14.4 Å². The number of carbonyl (C=O) groups is 3. The number of benzene rings is 1. The first kappa shape index (κ1) is 14.7. The van der Waals surface area contributed by atoms with Crippen LogP contribution in [0.5, 0.6) is 0 Å². The molecule has 0 radical (unpaired) electrons. The Balaban J connectivity index is 2.15. The molecule has 0 bridgehead atoms. The van der Waals surface area contributed by atoms with E-state index in [1.165, 1.54) is 18.2 Å². The molecule has 0 aromatic heterocycles. The third-order valence-electron chi connectivity index (χ3n) is 5.00. The minimum absolute atomic E-state index is 0.101. The summed E-state index contributed by atoms with van der Waals surface area (Å²) in [4.78, 5) is 39.4. The molecule has 26 heavy (non-hydrogen) atoms. The lowest BCUT2D eigenvalue weighted by Gasteiger charge is -2.28. The Morgan fingerprint density at radius 1 is 1.54 bits per heavy atom. The highest BCUT2D eigenvalue weighted by atomic mass is 16.2. The van der Waals surface area contributed by atoms with Gasteiger partial charge in [0.1, 0.15) is 6.04 Å². The molecule has 7 nitrogen and oxygen atoms in total. The molecule has 0 unspecified atom stereocenters. The van der Waals surface area contributed by atoms with Crippen LogP contribution < -0.4 is 16.4 Å². The fraction of sp³-hybridized carbons (Fsp3) is 0.526. The number of anilines is 1. The second kappa shape index (κ2) is 6.72. The molecule has 1 saturated heterocycles. The summed E-state index contributed by atoms with van der Waals surface area (Å²) >= 11 is 0. The van der Waals surface area contributed by atoms with E-state index in [-0.39, 0.29) is 23.9 Å². The van der Waals surface area contributed by atoms with Gasteiger partial charge in [0.25, 0.3) is 0 Å². The number of likely N-dealkylation sites (N-methyl/N-ethyl adjacent to an activating group) is 1. The normalized spacial score (nSPS) is 29.1. The van der Waals surface area contributed by atoms with Crippen LogP contribution in [-0.2, 0) is 19.8 Å². The summed E-state index contributed by atoms with van der Waals surface area (Å²) in [5, 5.41) is 5.52. The summed E-state index contributed by atoms with van der Waals surface area (Å²) in [5.74, 6) is -1.99. The Morgan fingerprint density at radius 2 is 2.27 bits per heavy atom. The van der Waals surface area contributed by atoms with Crippen LogP contribution in [0.25, 0.3) is 0 Å². The summed E-state index contributed by atoms with van der Waals surface area (Å²) in [7, 11) is 1.59. The second-order valence-corrected chi connectivity index (χ2v) is 7.24. The van der Waals surface area contributed by atoms with Crippen molar-refractivity contribution in [2.75, 3.05) is 18.9 Å². The lowest BCUT2D eigenvalue weighted by Crippen LogP contribution is -2.51. The number of hydrogen-bond donors (Lipinski definition) is 3. The highest BCUT2D eigenvalue weighted by molar-refractivity contribution is 6.08. The van der Waals surface area contributed by atoms with Crippen molar-refractivity contribution in [2.45, 2.75) is 44.2 Å². The summed E-state index contributed by atoms with van der Waals surface area (Å²) < 4.78 is 25.6. The largest absolute Gasteiger partial charge is 0.368 e. The quantitative estimate of drug-likeness (QED) is 0.714. The molecule has 3 rings (SSSR count). The van der Waals surface area contributed by atoms with Crippen molar-refractivity contribution >= 4 is 23.4 Å². The zero-order valence-corrected chi connectivity index (χ0v) is 15.1. The van der Waals surface area contributed by atoms with Gasteiger partial charge in [0.15, 0.2) is 0 Å². The van der Waals surface area contributed by atoms with Gasteiger partial charge in [-0.15, -0.1) is 0 Å². The average molecular weight is 361 g/mol. The van der Waals surface area contributed by atoms with Crippen molar-refractivity contribution in [3.63, 3.8) is 0 Å². The van der Waals surface area contributed by atoms with Crippen molar-refractivity contribution < 1.29 is 18.5 Å². The fourth-order valence-corrected chi connectivity index (χ4v) is 3.69. The summed E-state index contributed by atoms with van der Waals surface area (Å²) in [6.07, 6.45) is 0.154. The van der Waals surface area contributed by atoms with Gasteiger partial charge in [-0.25, -0.2) is 0 Å². The molecular weight excluding hydrogens is 332 g/mol. The molecule has 0 saturated carbocycles. The number of carbonyl (C=O) groups excluding carboxylic acids is 3. The lowest BCUT2D eigenvalue weighted by molar-refractivity contribution is -0.139. The van der Waals surface area contributed by atoms with Crippen LogP contribution in [-0.4, -0.2) is 48.2 Å². The van der Waals surface area contributed by atoms with Gasteiger partial charge in [0.05, 0.1) is 15.6 Å². The Labute approximate surface area is 157 Å². The van der Waals surface area contributed by atoms with E-state index < -0.39 is 41.7 Å². The topological polar surface area (TPSA) is 105 Å². The predicted octanol–water partition coefficient (Wildman–Crippen LogP) is 0.597. The second-order valence-electron chi connectivity index (χ2n) is 7.24. The van der Waals surface area contributed by atoms with E-state index in [1.807, 2.05) is 13.8 Å². The number of rotatable bonds is 5. The van der Waals surface area contributed by atoms with Gasteiger partial charge < -0.3 is 21.3 Å². The van der Waals surface area contributed by atoms with E-state index >= 15 is 0 Å². The molecule has 1 aromatic carbocycles. The summed E-state index contributed by atoms with van der Waals surface area (Å²) in [5.41, 5.74) is 4.38. The van der Waals surface area contributed by atoms with E-state index in [0.717, 1.165) is 4.90 Å². The maximum absolute atomic E-state index is 13.3. The van der Waals surface area contributed by atoms with Crippen molar-refractivity contribution in [3.8, 4) is 0 Å². The number of nitrogens with one attached hydrogen (secondary N) is 2. The highest BCUT2D eigenvalue weighted by Gasteiger charge is 2.57. The lowest BCUT2D eigenvalue weighted by atomic mass is 9.79. The number of nitrogens with two attached hydrogens (primary N) is 1. The smallest absolute Gasteiger partial charge is 0.240 e. The van der Waals surface area contributed by atoms with E-state index in [1.54, 1.807) is 7.05 Å². The molecule has 7 heteroatoms. The molecule has 4 N–H and O–H groups in total. The van der Waals surface area contributed by atoms with Crippen LogP contribution in [0.15, 0.2) is 24.2 Å². The number of amides is 3. The molecule has 3 atom stereocenters. The van der Waals surface area contributed by atoms with Crippen LogP contribution in [0.2, 0.25) is 0 Å². The SMILES string of the molecule is [2H]c1ccc2c(c1)[C@@]1(C[C@@H](C(N)=O)N(C(=O)[C@H](CC(C)C)NC)C1([2H])[2H])C(=O)N2. The van der Waals surface area contributed by atoms with Crippen LogP contribution in [0, 0.1) is 5.92 Å². The molecule has 2 aliphatic rings. The highest BCUT2D eigenvalue weighted by Crippen LogP contribution is 2.46. The number of likely N-dealkylation sites (tertiary alicyclic amines) is 1. The maximum Gasteiger partial charge on any atom is 0.240 e. The van der Waals surface area contributed by atoms with Crippen molar-refractivity contribution in [1.82, 2.24) is 10.2 Å². The molecule has 1 spiro atoms. The molecule has 0 aliphatic carbocycles. The van der Waals surface area contributed by atoms with Crippen molar-refractivity contribution in [2.24, 2.45) is 11.7 Å². The van der Waals surface area contributed by atoms with Crippen LogP contribution in [0.3, 0.4) is 0 Å².